The Labute approximate surface area is 165 Å². The van der Waals surface area contributed by atoms with Gasteiger partial charge >= 0.3 is 0 Å². The van der Waals surface area contributed by atoms with Crippen LogP contribution in [-0.4, -0.2) is 21.9 Å². The molecule has 1 saturated heterocycles. The quantitative estimate of drug-likeness (QED) is 0.257. The summed E-state index contributed by atoms with van der Waals surface area (Å²) in [5.74, 6) is 0.790. The number of hydrogen-bond donors (Lipinski definition) is 0. The van der Waals surface area contributed by atoms with E-state index >= 15 is 0 Å². The lowest BCUT2D eigenvalue weighted by atomic mass is 9.94. The van der Waals surface area contributed by atoms with Gasteiger partial charge < -0.3 is 4.74 Å². The van der Waals surface area contributed by atoms with Crippen LogP contribution >= 0.6 is 0 Å². The van der Waals surface area contributed by atoms with Gasteiger partial charge in [0.25, 0.3) is 0 Å². The molecule has 2 heteroatoms. The Morgan fingerprint density at radius 3 is 2.27 bits per heavy atom. The summed E-state index contributed by atoms with van der Waals surface area (Å²) in [5, 5.41) is 0. The Morgan fingerprint density at radius 1 is 0.923 bits per heavy atom. The van der Waals surface area contributed by atoms with Crippen LogP contribution in [0.4, 0.5) is 0 Å². The second-order valence-corrected chi connectivity index (χ2v) is 10.4. The molecule has 0 amide bonds. The summed E-state index contributed by atoms with van der Waals surface area (Å²) in [6.45, 7) is 3.32. The van der Waals surface area contributed by atoms with Crippen LogP contribution in [0.1, 0.15) is 102 Å². The first kappa shape index (κ1) is 21.7. The highest BCUT2D eigenvalue weighted by molar-refractivity contribution is 6.37. The molecule has 1 aromatic rings. The SMILES string of the molecule is CCCCCCCCCCCC(C[SiH2]C1CCCCO1)c1ccccc1. The minimum atomic E-state index is -0.104. The third-order valence-electron chi connectivity index (χ3n) is 6.04. The Kier molecular flexibility index (Phi) is 12.1. The predicted octanol–water partition coefficient (Wildman–Crippen LogP) is 6.80. The van der Waals surface area contributed by atoms with E-state index in [-0.39, 0.29) is 9.52 Å². The number of unbranched alkanes of at least 4 members (excludes halogenated alkanes) is 8. The largest absolute Gasteiger partial charge is 0.382 e. The highest BCUT2D eigenvalue weighted by Gasteiger charge is 2.18. The fourth-order valence-corrected chi connectivity index (χ4v) is 6.63. The molecule has 148 valence electrons. The van der Waals surface area contributed by atoms with E-state index in [0.717, 1.165) is 12.5 Å². The van der Waals surface area contributed by atoms with Crippen molar-refractivity contribution in [2.45, 2.75) is 108 Å². The highest BCUT2D eigenvalue weighted by Crippen LogP contribution is 2.28. The van der Waals surface area contributed by atoms with Crippen molar-refractivity contribution in [3.05, 3.63) is 35.9 Å². The molecule has 0 radical (unpaired) electrons. The molecule has 0 aromatic heterocycles. The summed E-state index contributed by atoms with van der Waals surface area (Å²) in [6.07, 6.45) is 18.3. The van der Waals surface area contributed by atoms with E-state index in [1.165, 1.54) is 89.5 Å². The summed E-state index contributed by atoms with van der Waals surface area (Å²) in [7, 11) is -0.104. The molecule has 26 heavy (non-hydrogen) atoms. The van der Waals surface area contributed by atoms with Crippen molar-refractivity contribution in [3.8, 4) is 0 Å². The van der Waals surface area contributed by atoms with E-state index in [0.29, 0.717) is 5.73 Å². The minimum Gasteiger partial charge on any atom is -0.382 e. The molecule has 0 bridgehead atoms. The summed E-state index contributed by atoms with van der Waals surface area (Å²) in [5.41, 5.74) is 2.24. The molecular formula is C24H42OSi. The average Bonchev–Trinajstić information content (AvgIpc) is 2.70. The van der Waals surface area contributed by atoms with Gasteiger partial charge in [-0.05, 0) is 37.2 Å². The van der Waals surface area contributed by atoms with Gasteiger partial charge in [-0.2, -0.15) is 0 Å². The maximum Gasteiger partial charge on any atom is 0.0561 e. The molecule has 0 saturated carbocycles. The summed E-state index contributed by atoms with van der Waals surface area (Å²) in [6, 6.07) is 12.7. The molecule has 1 heterocycles. The molecule has 0 spiro atoms. The van der Waals surface area contributed by atoms with Crippen molar-refractivity contribution in [1.82, 2.24) is 0 Å². The second-order valence-electron chi connectivity index (χ2n) is 8.29. The van der Waals surface area contributed by atoms with Gasteiger partial charge in [-0.1, -0.05) is 101 Å². The first-order valence-corrected chi connectivity index (χ1v) is 13.4. The van der Waals surface area contributed by atoms with Gasteiger partial charge in [0.15, 0.2) is 0 Å². The molecular weight excluding hydrogens is 332 g/mol. The Hall–Kier alpha value is -0.603. The maximum atomic E-state index is 6.02. The van der Waals surface area contributed by atoms with Crippen LogP contribution < -0.4 is 0 Å². The van der Waals surface area contributed by atoms with Gasteiger partial charge in [-0.25, -0.2) is 0 Å². The maximum absolute atomic E-state index is 6.02. The van der Waals surface area contributed by atoms with Crippen molar-refractivity contribution in [3.63, 3.8) is 0 Å². The summed E-state index contributed by atoms with van der Waals surface area (Å²) < 4.78 is 6.02. The highest BCUT2D eigenvalue weighted by atomic mass is 28.2. The first-order valence-electron chi connectivity index (χ1n) is 11.6. The Balaban J connectivity index is 1.64. The van der Waals surface area contributed by atoms with E-state index in [1.54, 1.807) is 5.56 Å². The second kappa shape index (κ2) is 14.5. The molecule has 2 rings (SSSR count). The van der Waals surface area contributed by atoms with Gasteiger partial charge in [0.1, 0.15) is 0 Å². The molecule has 0 N–H and O–H groups in total. The predicted molar refractivity (Wildman–Crippen MR) is 118 cm³/mol. The van der Waals surface area contributed by atoms with Gasteiger partial charge in [-0.15, -0.1) is 0 Å². The molecule has 1 nitrogen and oxygen atoms in total. The Morgan fingerprint density at radius 2 is 1.62 bits per heavy atom. The van der Waals surface area contributed by atoms with E-state index in [4.69, 9.17) is 4.74 Å². The topological polar surface area (TPSA) is 9.23 Å². The molecule has 1 aromatic carbocycles. The van der Waals surface area contributed by atoms with Crippen LogP contribution in [0.5, 0.6) is 0 Å². The number of benzene rings is 1. The fourth-order valence-electron chi connectivity index (χ4n) is 4.33. The standard InChI is InChI=1S/C24H42OSi/c1-2-3-4-5-6-7-8-9-11-18-23(22-16-12-10-13-17-22)21-26-24-19-14-15-20-25-24/h10,12-13,16-17,23-24H,2-9,11,14-15,18-21,26H2,1H3. The number of hydrogen-bond acceptors (Lipinski definition) is 1. The van der Waals surface area contributed by atoms with Crippen LogP contribution in [0.15, 0.2) is 30.3 Å². The minimum absolute atomic E-state index is 0.104. The van der Waals surface area contributed by atoms with E-state index in [9.17, 15) is 0 Å². The van der Waals surface area contributed by atoms with Crippen LogP contribution in [0.2, 0.25) is 6.04 Å². The molecule has 2 atom stereocenters. The zero-order valence-electron chi connectivity index (χ0n) is 17.3. The van der Waals surface area contributed by atoms with Crippen LogP contribution in [0.25, 0.3) is 0 Å². The smallest absolute Gasteiger partial charge is 0.0561 e. The molecule has 1 fully saturated rings. The summed E-state index contributed by atoms with van der Waals surface area (Å²) >= 11 is 0. The Bertz CT molecular complexity index is 427. The van der Waals surface area contributed by atoms with Crippen LogP contribution in [0.3, 0.4) is 0 Å². The van der Waals surface area contributed by atoms with E-state index < -0.39 is 0 Å². The van der Waals surface area contributed by atoms with Crippen molar-refractivity contribution < 1.29 is 4.74 Å². The van der Waals surface area contributed by atoms with Gasteiger partial charge in [-0.3, -0.25) is 0 Å². The third-order valence-corrected chi connectivity index (χ3v) is 8.36. The molecule has 1 aliphatic rings. The van der Waals surface area contributed by atoms with Crippen molar-refractivity contribution in [2.24, 2.45) is 0 Å². The van der Waals surface area contributed by atoms with Crippen molar-refractivity contribution in [1.29, 1.82) is 0 Å². The average molecular weight is 375 g/mol. The molecule has 1 aliphatic heterocycles. The normalized spacial score (nSPS) is 19.2. The molecule has 2 unspecified atom stereocenters. The van der Waals surface area contributed by atoms with Crippen LogP contribution in [0, 0.1) is 0 Å². The summed E-state index contributed by atoms with van der Waals surface area (Å²) in [4.78, 5) is 0. The monoisotopic (exact) mass is 374 g/mol. The zero-order valence-corrected chi connectivity index (χ0v) is 18.7. The van der Waals surface area contributed by atoms with Crippen molar-refractivity contribution >= 4 is 9.52 Å². The van der Waals surface area contributed by atoms with Gasteiger partial charge in [0.2, 0.25) is 0 Å². The third kappa shape index (κ3) is 9.37. The van der Waals surface area contributed by atoms with Crippen molar-refractivity contribution in [2.75, 3.05) is 6.61 Å². The molecule has 0 aliphatic carbocycles. The van der Waals surface area contributed by atoms with E-state index in [2.05, 4.69) is 37.3 Å². The zero-order chi connectivity index (χ0) is 18.3. The lowest BCUT2D eigenvalue weighted by molar-refractivity contribution is 0.0648. The van der Waals surface area contributed by atoms with Gasteiger partial charge in [0, 0.05) is 12.3 Å². The van der Waals surface area contributed by atoms with Gasteiger partial charge in [0.05, 0.1) is 9.52 Å². The van der Waals surface area contributed by atoms with E-state index in [1.807, 2.05) is 0 Å². The lowest BCUT2D eigenvalue weighted by Gasteiger charge is -2.25. The number of ether oxygens (including phenoxy) is 1. The van der Waals surface area contributed by atoms with Crippen LogP contribution in [-0.2, 0) is 4.74 Å². The number of rotatable bonds is 14. The lowest BCUT2D eigenvalue weighted by Crippen LogP contribution is -2.26. The first-order chi connectivity index (χ1) is 12.9. The fraction of sp³-hybridized carbons (Fsp3) is 0.750.